The van der Waals surface area contributed by atoms with Crippen molar-refractivity contribution in [2.75, 3.05) is 12.4 Å². The molecule has 3 aromatic rings. The van der Waals surface area contributed by atoms with Gasteiger partial charge >= 0.3 is 5.97 Å². The molecule has 2 N–H and O–H groups in total. The third-order valence-corrected chi connectivity index (χ3v) is 5.60. The van der Waals surface area contributed by atoms with E-state index in [0.717, 1.165) is 16.7 Å². The van der Waals surface area contributed by atoms with Crippen LogP contribution in [0.1, 0.15) is 39.4 Å². The van der Waals surface area contributed by atoms with Gasteiger partial charge in [-0.2, -0.15) is 0 Å². The SMILES string of the molecule is COC(=O)c1ccc([C@@H]2C=C(C(=O)Nc3cccnc3)O[C@H](OCc3ccc(CO)cc3)C2)cc1. The highest BCUT2D eigenvalue weighted by Gasteiger charge is 2.29. The number of carbonyl (C=O) groups excluding carboxylic acids is 2. The first-order chi connectivity index (χ1) is 17.1. The van der Waals surface area contributed by atoms with E-state index in [0.29, 0.717) is 17.7 Å². The largest absolute Gasteiger partial charge is 0.465 e. The van der Waals surface area contributed by atoms with Gasteiger partial charge in [0, 0.05) is 18.5 Å². The zero-order valence-electron chi connectivity index (χ0n) is 19.2. The molecule has 35 heavy (non-hydrogen) atoms. The summed E-state index contributed by atoms with van der Waals surface area (Å²) in [5, 5.41) is 12.0. The van der Waals surface area contributed by atoms with Crippen molar-refractivity contribution in [2.45, 2.75) is 31.8 Å². The molecule has 0 aliphatic carbocycles. The monoisotopic (exact) mass is 474 g/mol. The number of anilines is 1. The number of hydrogen-bond donors (Lipinski definition) is 2. The number of esters is 1. The summed E-state index contributed by atoms with van der Waals surface area (Å²) in [5.41, 5.74) is 3.64. The highest BCUT2D eigenvalue weighted by atomic mass is 16.7. The molecule has 1 amide bonds. The van der Waals surface area contributed by atoms with Crippen molar-refractivity contribution in [2.24, 2.45) is 0 Å². The van der Waals surface area contributed by atoms with Gasteiger partial charge in [0.15, 0.2) is 5.76 Å². The molecule has 2 aromatic carbocycles. The number of pyridine rings is 1. The van der Waals surface area contributed by atoms with Crippen molar-refractivity contribution in [3.63, 3.8) is 0 Å². The molecule has 0 fully saturated rings. The molecule has 0 spiro atoms. The van der Waals surface area contributed by atoms with E-state index in [9.17, 15) is 14.7 Å². The number of aliphatic hydroxyl groups is 1. The minimum Gasteiger partial charge on any atom is -0.465 e. The third kappa shape index (κ3) is 6.32. The van der Waals surface area contributed by atoms with Gasteiger partial charge in [0.1, 0.15) is 0 Å². The predicted octanol–water partition coefficient (Wildman–Crippen LogP) is 3.93. The lowest BCUT2D eigenvalue weighted by Gasteiger charge is -2.29. The molecule has 1 aliphatic rings. The first-order valence-electron chi connectivity index (χ1n) is 11.1. The van der Waals surface area contributed by atoms with E-state index in [1.807, 2.05) is 36.4 Å². The molecule has 0 saturated carbocycles. The van der Waals surface area contributed by atoms with E-state index in [-0.39, 0.29) is 24.9 Å². The van der Waals surface area contributed by atoms with Crippen LogP contribution in [0.5, 0.6) is 0 Å². The number of aliphatic hydroxyl groups excluding tert-OH is 1. The van der Waals surface area contributed by atoms with E-state index in [1.54, 1.807) is 42.7 Å². The molecule has 0 bridgehead atoms. The smallest absolute Gasteiger partial charge is 0.337 e. The van der Waals surface area contributed by atoms with Crippen molar-refractivity contribution in [3.8, 4) is 0 Å². The summed E-state index contributed by atoms with van der Waals surface area (Å²) in [7, 11) is 1.34. The third-order valence-electron chi connectivity index (χ3n) is 5.60. The molecule has 1 aliphatic heterocycles. The standard InChI is InChI=1S/C27H26N2O6/c1-33-27(32)21-10-8-20(9-11-21)22-13-24(26(31)29-23-3-2-12-28-15-23)35-25(14-22)34-17-19-6-4-18(16-30)5-7-19/h2-13,15,22,25,30H,14,16-17H2,1H3,(H,29,31)/t22-,25+/m1/s1. The summed E-state index contributed by atoms with van der Waals surface area (Å²) in [4.78, 5) is 28.7. The average Bonchev–Trinajstić information content (AvgIpc) is 2.92. The number of aromatic nitrogens is 1. The summed E-state index contributed by atoms with van der Waals surface area (Å²) in [6.45, 7) is 0.255. The Bertz CT molecular complexity index is 1180. The quantitative estimate of drug-likeness (QED) is 0.477. The lowest BCUT2D eigenvalue weighted by atomic mass is 9.92. The summed E-state index contributed by atoms with van der Waals surface area (Å²) in [5.74, 6) is -0.853. The number of nitrogens with zero attached hydrogens (tertiary/aromatic N) is 1. The van der Waals surface area contributed by atoms with Gasteiger partial charge in [0.25, 0.3) is 5.91 Å². The van der Waals surface area contributed by atoms with Gasteiger partial charge in [0.05, 0.1) is 37.8 Å². The molecule has 4 rings (SSSR count). The Labute approximate surface area is 203 Å². The highest BCUT2D eigenvalue weighted by Crippen LogP contribution is 2.32. The summed E-state index contributed by atoms with van der Waals surface area (Å²) < 4.78 is 16.7. The van der Waals surface area contributed by atoms with Gasteiger partial charge in [-0.1, -0.05) is 36.4 Å². The Morgan fingerprint density at radius 1 is 1.09 bits per heavy atom. The van der Waals surface area contributed by atoms with E-state index in [1.165, 1.54) is 7.11 Å². The van der Waals surface area contributed by atoms with Gasteiger partial charge in [-0.15, -0.1) is 0 Å². The van der Waals surface area contributed by atoms with E-state index < -0.39 is 18.2 Å². The van der Waals surface area contributed by atoms with Crippen molar-refractivity contribution < 1.29 is 28.9 Å². The van der Waals surface area contributed by atoms with Crippen LogP contribution in [0.2, 0.25) is 0 Å². The van der Waals surface area contributed by atoms with E-state index in [2.05, 4.69) is 10.3 Å². The fraction of sp³-hybridized carbons (Fsp3) is 0.222. The lowest BCUT2D eigenvalue weighted by Crippen LogP contribution is -2.29. The highest BCUT2D eigenvalue weighted by molar-refractivity contribution is 6.02. The molecule has 8 heteroatoms. The number of allylic oxidation sites excluding steroid dienone is 1. The number of benzene rings is 2. The fourth-order valence-corrected chi connectivity index (χ4v) is 3.69. The number of hydrogen-bond acceptors (Lipinski definition) is 7. The molecule has 0 unspecified atom stereocenters. The van der Waals surface area contributed by atoms with Crippen LogP contribution in [0, 0.1) is 0 Å². The number of rotatable bonds is 8. The zero-order chi connectivity index (χ0) is 24.6. The van der Waals surface area contributed by atoms with Crippen molar-refractivity contribution >= 4 is 17.6 Å². The van der Waals surface area contributed by atoms with E-state index >= 15 is 0 Å². The Hall–Kier alpha value is -4.01. The minimum absolute atomic E-state index is 0.0243. The van der Waals surface area contributed by atoms with Crippen LogP contribution >= 0.6 is 0 Å². The number of methoxy groups -OCH3 is 1. The molecule has 8 nitrogen and oxygen atoms in total. The molecule has 2 atom stereocenters. The number of ether oxygens (including phenoxy) is 3. The maximum absolute atomic E-state index is 12.9. The number of nitrogens with one attached hydrogen (secondary N) is 1. The van der Waals surface area contributed by atoms with Crippen LogP contribution in [0.3, 0.4) is 0 Å². The van der Waals surface area contributed by atoms with Gasteiger partial charge in [-0.05, 0) is 47.0 Å². The maximum Gasteiger partial charge on any atom is 0.337 e. The Morgan fingerprint density at radius 3 is 2.49 bits per heavy atom. The second kappa shape index (κ2) is 11.4. The van der Waals surface area contributed by atoms with Crippen LogP contribution in [0.4, 0.5) is 5.69 Å². The normalized spacial score (nSPS) is 17.1. The maximum atomic E-state index is 12.9. The Kier molecular flexibility index (Phi) is 7.87. The van der Waals surface area contributed by atoms with Gasteiger partial charge < -0.3 is 24.6 Å². The molecule has 0 radical (unpaired) electrons. The molecular formula is C27H26N2O6. The van der Waals surface area contributed by atoms with Gasteiger partial charge in [-0.25, -0.2) is 4.79 Å². The van der Waals surface area contributed by atoms with Crippen LogP contribution in [-0.2, 0) is 32.2 Å². The molecule has 1 aromatic heterocycles. The number of amides is 1. The fourth-order valence-electron chi connectivity index (χ4n) is 3.69. The van der Waals surface area contributed by atoms with Crippen LogP contribution in [-0.4, -0.2) is 35.4 Å². The zero-order valence-corrected chi connectivity index (χ0v) is 19.2. The summed E-state index contributed by atoms with van der Waals surface area (Å²) >= 11 is 0. The Morgan fingerprint density at radius 2 is 1.83 bits per heavy atom. The molecule has 2 heterocycles. The molecule has 0 saturated heterocycles. The van der Waals surface area contributed by atoms with Gasteiger partial charge in [0.2, 0.25) is 6.29 Å². The van der Waals surface area contributed by atoms with Gasteiger partial charge in [-0.3, -0.25) is 9.78 Å². The van der Waals surface area contributed by atoms with Crippen molar-refractivity contribution in [1.82, 2.24) is 4.98 Å². The second-order valence-electron chi connectivity index (χ2n) is 8.02. The minimum atomic E-state index is -0.669. The van der Waals surface area contributed by atoms with Crippen LogP contribution < -0.4 is 5.32 Å². The second-order valence-corrected chi connectivity index (χ2v) is 8.02. The van der Waals surface area contributed by atoms with E-state index in [4.69, 9.17) is 14.2 Å². The van der Waals surface area contributed by atoms with Crippen molar-refractivity contribution in [3.05, 3.63) is 107 Å². The average molecular weight is 475 g/mol. The van der Waals surface area contributed by atoms with Crippen molar-refractivity contribution in [1.29, 1.82) is 0 Å². The van der Waals surface area contributed by atoms with Crippen LogP contribution in [0.25, 0.3) is 0 Å². The lowest BCUT2D eigenvalue weighted by molar-refractivity contribution is -0.147. The Balaban J connectivity index is 1.52. The predicted molar refractivity (Wildman–Crippen MR) is 128 cm³/mol. The first kappa shape index (κ1) is 24.1. The first-order valence-corrected chi connectivity index (χ1v) is 11.1. The molecular weight excluding hydrogens is 448 g/mol. The number of carbonyl (C=O) groups is 2. The topological polar surface area (TPSA) is 107 Å². The molecule has 180 valence electrons. The summed E-state index contributed by atoms with van der Waals surface area (Å²) in [6, 6.07) is 17.9. The van der Waals surface area contributed by atoms with Crippen LogP contribution in [0.15, 0.2) is 84.9 Å². The summed E-state index contributed by atoms with van der Waals surface area (Å²) in [6.07, 6.45) is 4.74.